The Balaban J connectivity index is 2.08. The molecule has 0 saturated heterocycles. The van der Waals surface area contributed by atoms with Crippen LogP contribution in [0.1, 0.15) is 57.6 Å². The van der Waals surface area contributed by atoms with Gasteiger partial charge >= 0.3 is 0 Å². The number of hydrogen-bond donors (Lipinski definition) is 2. The lowest BCUT2D eigenvalue weighted by molar-refractivity contribution is -0.139. The lowest BCUT2D eigenvalue weighted by Crippen LogP contribution is -2.59. The fraction of sp³-hybridized carbons (Fsp3) is 0.632. The number of hydrogen-bond acceptors (Lipinski definition) is 3. The van der Waals surface area contributed by atoms with E-state index in [9.17, 15) is 9.90 Å². The largest absolute Gasteiger partial charge is 0.387 e. The molecule has 0 spiro atoms. The molecule has 23 heavy (non-hydrogen) atoms. The zero-order valence-corrected chi connectivity index (χ0v) is 14.4. The Labute approximate surface area is 139 Å². The van der Waals surface area contributed by atoms with E-state index >= 15 is 0 Å². The van der Waals surface area contributed by atoms with Crippen LogP contribution in [0.2, 0.25) is 0 Å². The quantitative estimate of drug-likeness (QED) is 0.813. The third-order valence-electron chi connectivity index (χ3n) is 4.99. The average molecular weight is 318 g/mol. The summed E-state index contributed by atoms with van der Waals surface area (Å²) in [6.45, 7) is 5.94. The molecule has 1 saturated carbocycles. The summed E-state index contributed by atoms with van der Waals surface area (Å²) < 4.78 is 0. The van der Waals surface area contributed by atoms with Gasteiger partial charge in [0.15, 0.2) is 0 Å². The standard InChI is InChI=1S/C19H30N2O2/c1-3-21(4-2)18(23)19(13-9-6-10-14-19)20-15-17(22)16-11-7-5-8-12-16/h5,7-8,11-12,17,20,22H,3-4,6,9-10,13-15H2,1-2H3. The molecule has 1 aromatic carbocycles. The first-order chi connectivity index (χ1) is 11.1. The molecule has 0 bridgehead atoms. The van der Waals surface area contributed by atoms with Gasteiger partial charge in [0.2, 0.25) is 5.91 Å². The summed E-state index contributed by atoms with van der Waals surface area (Å²) in [6.07, 6.45) is 4.48. The molecule has 1 amide bonds. The second-order valence-electron chi connectivity index (χ2n) is 6.43. The predicted octanol–water partition coefficient (Wildman–Crippen LogP) is 2.88. The number of benzene rings is 1. The van der Waals surface area contributed by atoms with Crippen LogP contribution in [0.15, 0.2) is 30.3 Å². The third kappa shape index (κ3) is 4.33. The van der Waals surface area contributed by atoms with Gasteiger partial charge in [-0.15, -0.1) is 0 Å². The van der Waals surface area contributed by atoms with Crippen LogP contribution in [0.25, 0.3) is 0 Å². The predicted molar refractivity (Wildman–Crippen MR) is 93.1 cm³/mol. The van der Waals surface area contributed by atoms with E-state index in [4.69, 9.17) is 0 Å². The molecule has 128 valence electrons. The zero-order valence-electron chi connectivity index (χ0n) is 14.4. The van der Waals surface area contributed by atoms with Gasteiger partial charge in [-0.3, -0.25) is 4.79 Å². The van der Waals surface area contributed by atoms with Gasteiger partial charge in [0, 0.05) is 19.6 Å². The van der Waals surface area contributed by atoms with Crippen LogP contribution in [0, 0.1) is 0 Å². The number of aliphatic hydroxyl groups excluding tert-OH is 1. The van der Waals surface area contributed by atoms with Crippen molar-refractivity contribution < 1.29 is 9.90 Å². The minimum absolute atomic E-state index is 0.197. The smallest absolute Gasteiger partial charge is 0.242 e. The maximum atomic E-state index is 13.0. The van der Waals surface area contributed by atoms with Gasteiger partial charge in [-0.25, -0.2) is 0 Å². The van der Waals surface area contributed by atoms with Gasteiger partial charge in [0.1, 0.15) is 0 Å². The average Bonchev–Trinajstić information content (AvgIpc) is 2.62. The molecule has 4 heteroatoms. The fourth-order valence-electron chi connectivity index (χ4n) is 3.52. The van der Waals surface area contributed by atoms with Crippen LogP contribution in [0.3, 0.4) is 0 Å². The minimum atomic E-state index is -0.584. The number of rotatable bonds is 7. The normalized spacial score (nSPS) is 18.4. The van der Waals surface area contributed by atoms with E-state index in [2.05, 4.69) is 5.32 Å². The molecule has 0 aliphatic heterocycles. The molecule has 1 aromatic rings. The molecule has 2 N–H and O–H groups in total. The summed E-state index contributed by atoms with van der Waals surface area (Å²) in [6, 6.07) is 9.64. The Morgan fingerprint density at radius 2 is 1.78 bits per heavy atom. The van der Waals surface area contributed by atoms with Gasteiger partial charge in [-0.2, -0.15) is 0 Å². The van der Waals surface area contributed by atoms with E-state index in [0.29, 0.717) is 6.54 Å². The molecule has 1 aliphatic carbocycles. The molecular formula is C19H30N2O2. The molecule has 0 heterocycles. The lowest BCUT2D eigenvalue weighted by atomic mass is 9.80. The monoisotopic (exact) mass is 318 g/mol. The summed E-state index contributed by atoms with van der Waals surface area (Å²) in [5, 5.41) is 13.9. The molecule has 1 aliphatic rings. The zero-order chi connectivity index (χ0) is 16.7. The van der Waals surface area contributed by atoms with Gasteiger partial charge in [0.05, 0.1) is 11.6 Å². The molecule has 1 fully saturated rings. The van der Waals surface area contributed by atoms with E-state index in [1.807, 2.05) is 49.1 Å². The molecule has 1 atom stereocenters. The van der Waals surface area contributed by atoms with Crippen LogP contribution in [-0.4, -0.2) is 41.1 Å². The van der Waals surface area contributed by atoms with E-state index in [0.717, 1.165) is 44.3 Å². The highest BCUT2D eigenvalue weighted by atomic mass is 16.3. The summed E-state index contributed by atoms with van der Waals surface area (Å²) in [5.74, 6) is 0.197. The lowest BCUT2D eigenvalue weighted by Gasteiger charge is -2.40. The number of amides is 1. The number of aliphatic hydroxyl groups is 1. The fourth-order valence-corrected chi connectivity index (χ4v) is 3.52. The van der Waals surface area contributed by atoms with Gasteiger partial charge in [-0.05, 0) is 32.3 Å². The number of nitrogens with one attached hydrogen (secondary N) is 1. The second-order valence-corrected chi connectivity index (χ2v) is 6.43. The number of likely N-dealkylation sites (N-methyl/N-ethyl adjacent to an activating group) is 1. The van der Waals surface area contributed by atoms with Crippen molar-refractivity contribution in [3.63, 3.8) is 0 Å². The number of nitrogens with zero attached hydrogens (tertiary/aromatic N) is 1. The Bertz CT molecular complexity index is 479. The van der Waals surface area contributed by atoms with Gasteiger partial charge in [0.25, 0.3) is 0 Å². The Morgan fingerprint density at radius 1 is 1.17 bits per heavy atom. The van der Waals surface area contributed by atoms with Crippen molar-refractivity contribution in [2.24, 2.45) is 0 Å². The molecule has 0 aromatic heterocycles. The molecule has 0 radical (unpaired) electrons. The van der Waals surface area contributed by atoms with Crippen molar-refractivity contribution in [3.05, 3.63) is 35.9 Å². The Morgan fingerprint density at radius 3 is 2.35 bits per heavy atom. The summed E-state index contributed by atoms with van der Waals surface area (Å²) in [7, 11) is 0. The van der Waals surface area contributed by atoms with Crippen molar-refractivity contribution >= 4 is 5.91 Å². The summed E-state index contributed by atoms with van der Waals surface area (Å²) in [4.78, 5) is 14.9. The van der Waals surface area contributed by atoms with E-state index in [1.54, 1.807) is 0 Å². The van der Waals surface area contributed by atoms with Gasteiger partial charge < -0.3 is 15.3 Å². The molecule has 2 rings (SSSR count). The first-order valence-corrected chi connectivity index (χ1v) is 8.90. The van der Waals surface area contributed by atoms with Crippen LogP contribution < -0.4 is 5.32 Å². The SMILES string of the molecule is CCN(CC)C(=O)C1(NCC(O)c2ccccc2)CCCCC1. The highest BCUT2D eigenvalue weighted by Crippen LogP contribution is 2.30. The summed E-state index contributed by atoms with van der Waals surface area (Å²) >= 11 is 0. The first kappa shape index (κ1) is 18.0. The molecule has 4 nitrogen and oxygen atoms in total. The first-order valence-electron chi connectivity index (χ1n) is 8.90. The van der Waals surface area contributed by atoms with Crippen LogP contribution >= 0.6 is 0 Å². The second kappa shape index (κ2) is 8.46. The van der Waals surface area contributed by atoms with Crippen LogP contribution in [0.4, 0.5) is 0 Å². The van der Waals surface area contributed by atoms with E-state index < -0.39 is 11.6 Å². The van der Waals surface area contributed by atoms with Crippen LogP contribution in [-0.2, 0) is 4.79 Å². The number of carbonyl (C=O) groups excluding carboxylic acids is 1. The van der Waals surface area contributed by atoms with Crippen molar-refractivity contribution in [2.75, 3.05) is 19.6 Å². The van der Waals surface area contributed by atoms with Crippen LogP contribution in [0.5, 0.6) is 0 Å². The van der Waals surface area contributed by atoms with E-state index in [-0.39, 0.29) is 5.91 Å². The Hall–Kier alpha value is -1.39. The molecular weight excluding hydrogens is 288 g/mol. The highest BCUT2D eigenvalue weighted by Gasteiger charge is 2.41. The van der Waals surface area contributed by atoms with Crippen molar-refractivity contribution in [3.8, 4) is 0 Å². The van der Waals surface area contributed by atoms with Crippen molar-refractivity contribution in [1.82, 2.24) is 10.2 Å². The van der Waals surface area contributed by atoms with Crippen molar-refractivity contribution in [1.29, 1.82) is 0 Å². The topological polar surface area (TPSA) is 52.6 Å². The third-order valence-corrected chi connectivity index (χ3v) is 4.99. The van der Waals surface area contributed by atoms with E-state index in [1.165, 1.54) is 6.42 Å². The maximum Gasteiger partial charge on any atom is 0.242 e. The highest BCUT2D eigenvalue weighted by molar-refractivity contribution is 5.86. The minimum Gasteiger partial charge on any atom is -0.387 e. The Kier molecular flexibility index (Phi) is 6.60. The van der Waals surface area contributed by atoms with Crippen molar-refractivity contribution in [2.45, 2.75) is 57.6 Å². The summed E-state index contributed by atoms with van der Waals surface area (Å²) in [5.41, 5.74) is 0.390. The number of carbonyl (C=O) groups is 1. The maximum absolute atomic E-state index is 13.0. The number of β-amino-alcohol motifs (C(OH)–C–C–N with tert-alkyl or cyclic N) is 1. The van der Waals surface area contributed by atoms with Gasteiger partial charge in [-0.1, -0.05) is 49.6 Å². The molecule has 1 unspecified atom stereocenters.